The lowest BCUT2D eigenvalue weighted by Gasteiger charge is -2.01. The monoisotopic (exact) mass is 228 g/mol. The topological polar surface area (TPSA) is 26.3 Å². The Balaban J connectivity index is 2.81. The van der Waals surface area contributed by atoms with Crippen LogP contribution < -0.4 is 0 Å². The summed E-state index contributed by atoms with van der Waals surface area (Å²) in [7, 11) is 0. The van der Waals surface area contributed by atoms with Crippen LogP contribution in [0.25, 0.3) is 6.08 Å². The van der Waals surface area contributed by atoms with Crippen LogP contribution in [0.5, 0.6) is 0 Å². The maximum absolute atomic E-state index is 12.3. The molecule has 0 aliphatic carbocycles. The van der Waals surface area contributed by atoms with Gasteiger partial charge in [0.1, 0.15) is 0 Å². The van der Waals surface area contributed by atoms with E-state index in [1.54, 1.807) is 0 Å². The highest BCUT2D eigenvalue weighted by Crippen LogP contribution is 2.14. The van der Waals surface area contributed by atoms with E-state index in [0.717, 1.165) is 5.56 Å². The minimum atomic E-state index is -2.67. The molecule has 0 unspecified atom stereocenters. The van der Waals surface area contributed by atoms with Gasteiger partial charge in [-0.05, 0) is 17.7 Å². The summed E-state index contributed by atoms with van der Waals surface area (Å²) in [5, 5.41) is 0. The van der Waals surface area contributed by atoms with Gasteiger partial charge in [-0.2, -0.15) is 13.2 Å². The number of carbonyl (C=O) groups excluding carboxylic acids is 1. The van der Waals surface area contributed by atoms with Crippen molar-refractivity contribution in [3.05, 3.63) is 54.1 Å². The predicted octanol–water partition coefficient (Wildman–Crippen LogP) is 3.52. The van der Waals surface area contributed by atoms with E-state index in [1.807, 2.05) is 0 Å². The second kappa shape index (κ2) is 5.16. The third-order valence-corrected chi connectivity index (χ3v) is 1.71. The van der Waals surface area contributed by atoms with E-state index in [0.29, 0.717) is 0 Å². The van der Waals surface area contributed by atoms with Crippen molar-refractivity contribution in [3.63, 3.8) is 0 Å². The van der Waals surface area contributed by atoms with Crippen LogP contribution in [0, 0.1) is 0 Å². The summed E-state index contributed by atoms with van der Waals surface area (Å²) in [6, 6.07) is 3.51. The van der Waals surface area contributed by atoms with Gasteiger partial charge in [-0.3, -0.25) is 0 Å². The molecule has 0 aromatic heterocycles. The molecule has 84 valence electrons. The zero-order valence-electron chi connectivity index (χ0n) is 8.04. The molecule has 2 nitrogen and oxygen atoms in total. The molecule has 0 N–H and O–H groups in total. The van der Waals surface area contributed by atoms with Crippen molar-refractivity contribution in [2.24, 2.45) is 0 Å². The van der Waals surface area contributed by atoms with Gasteiger partial charge in [-0.1, -0.05) is 24.8 Å². The molecule has 1 rings (SSSR count). The van der Waals surface area contributed by atoms with Crippen LogP contribution in [0.15, 0.2) is 42.9 Å². The highest BCUT2D eigenvalue weighted by molar-refractivity contribution is 5.90. The fourth-order valence-corrected chi connectivity index (χ4v) is 0.934. The molecule has 0 spiro atoms. The first-order valence-corrected chi connectivity index (χ1v) is 4.20. The normalized spacial score (nSPS) is 9.44. The quantitative estimate of drug-likeness (QED) is 0.584. The Morgan fingerprint density at radius 2 is 1.75 bits per heavy atom. The molecule has 0 saturated heterocycles. The smallest absolute Gasteiger partial charge is 0.347 e. The van der Waals surface area contributed by atoms with Crippen LogP contribution in [-0.2, 0) is 4.74 Å². The zero-order valence-corrected chi connectivity index (χ0v) is 8.04. The van der Waals surface area contributed by atoms with Crippen LogP contribution >= 0.6 is 0 Å². The average Bonchev–Trinajstić information content (AvgIpc) is 2.28. The SMILES string of the molecule is C=Cc1ccc(C(=O)OC(F)=C(F)F)cc1. The van der Waals surface area contributed by atoms with Crippen LogP contribution in [0.2, 0.25) is 0 Å². The van der Waals surface area contributed by atoms with E-state index in [4.69, 9.17) is 0 Å². The fraction of sp³-hybridized carbons (Fsp3) is 0. The Kier molecular flexibility index (Phi) is 3.88. The number of carbonyl (C=O) groups is 1. The second-order valence-corrected chi connectivity index (χ2v) is 2.75. The highest BCUT2D eigenvalue weighted by Gasteiger charge is 2.14. The van der Waals surface area contributed by atoms with Crippen molar-refractivity contribution in [2.75, 3.05) is 0 Å². The lowest BCUT2D eigenvalue weighted by Crippen LogP contribution is -2.03. The predicted molar refractivity (Wildman–Crippen MR) is 52.3 cm³/mol. The molecule has 1 aromatic rings. The summed E-state index contributed by atoms with van der Waals surface area (Å²) in [5.74, 6) is -1.18. The Hall–Kier alpha value is -2.04. The van der Waals surface area contributed by atoms with Gasteiger partial charge < -0.3 is 4.74 Å². The molecular formula is C11H7F3O2. The van der Waals surface area contributed by atoms with E-state index in [9.17, 15) is 18.0 Å². The summed E-state index contributed by atoms with van der Waals surface area (Å²) < 4.78 is 39.3. The first-order valence-electron chi connectivity index (χ1n) is 4.20. The van der Waals surface area contributed by atoms with Gasteiger partial charge in [-0.25, -0.2) is 4.79 Å². The molecule has 1 aromatic carbocycles. The number of halogens is 3. The van der Waals surface area contributed by atoms with Crippen molar-refractivity contribution < 1.29 is 22.7 Å². The zero-order chi connectivity index (χ0) is 12.1. The Bertz CT molecular complexity index is 431. The van der Waals surface area contributed by atoms with Crippen molar-refractivity contribution in [2.45, 2.75) is 0 Å². The summed E-state index contributed by atoms with van der Waals surface area (Å²) in [5.41, 5.74) is 0.714. The van der Waals surface area contributed by atoms with Gasteiger partial charge >= 0.3 is 18.1 Å². The Morgan fingerprint density at radius 1 is 1.19 bits per heavy atom. The van der Waals surface area contributed by atoms with Gasteiger partial charge in [0, 0.05) is 0 Å². The lowest BCUT2D eigenvalue weighted by molar-refractivity contribution is 0.0502. The standard InChI is InChI=1S/C11H7F3O2/c1-2-7-3-5-8(6-4-7)11(15)16-10(14)9(12)13/h2-6H,1H2. The Morgan fingerprint density at radius 3 is 2.19 bits per heavy atom. The van der Waals surface area contributed by atoms with E-state index >= 15 is 0 Å². The van der Waals surface area contributed by atoms with E-state index < -0.39 is 18.1 Å². The minimum Gasteiger partial charge on any atom is -0.391 e. The molecule has 0 bridgehead atoms. The summed E-state index contributed by atoms with van der Waals surface area (Å²) in [6.07, 6.45) is -1.13. The molecule has 16 heavy (non-hydrogen) atoms. The molecule has 0 aliphatic heterocycles. The molecule has 0 saturated carbocycles. The van der Waals surface area contributed by atoms with Crippen LogP contribution in [0.1, 0.15) is 15.9 Å². The second-order valence-electron chi connectivity index (χ2n) is 2.75. The third-order valence-electron chi connectivity index (χ3n) is 1.71. The number of hydrogen-bond acceptors (Lipinski definition) is 2. The first-order chi connectivity index (χ1) is 7.54. The van der Waals surface area contributed by atoms with Crippen LogP contribution in [-0.4, -0.2) is 5.97 Å². The van der Waals surface area contributed by atoms with Gasteiger partial charge in [-0.15, -0.1) is 0 Å². The number of ether oxygens (including phenoxy) is 1. The fourth-order valence-electron chi connectivity index (χ4n) is 0.934. The molecule has 0 aliphatic rings. The summed E-state index contributed by atoms with van der Waals surface area (Å²) in [4.78, 5) is 11.1. The van der Waals surface area contributed by atoms with Crippen molar-refractivity contribution >= 4 is 12.0 Å². The number of hydrogen-bond donors (Lipinski definition) is 0. The molecule has 0 amide bonds. The van der Waals surface area contributed by atoms with E-state index in [2.05, 4.69) is 11.3 Å². The van der Waals surface area contributed by atoms with E-state index in [1.165, 1.54) is 30.3 Å². The molecular weight excluding hydrogens is 221 g/mol. The van der Waals surface area contributed by atoms with Crippen molar-refractivity contribution in [3.8, 4) is 0 Å². The minimum absolute atomic E-state index is 0.0259. The molecule has 5 heteroatoms. The largest absolute Gasteiger partial charge is 0.391 e. The maximum atomic E-state index is 12.3. The van der Waals surface area contributed by atoms with Gasteiger partial charge in [0.2, 0.25) is 0 Å². The average molecular weight is 228 g/mol. The number of esters is 1. The van der Waals surface area contributed by atoms with Crippen LogP contribution in [0.3, 0.4) is 0 Å². The van der Waals surface area contributed by atoms with E-state index in [-0.39, 0.29) is 5.56 Å². The first kappa shape index (κ1) is 12.0. The van der Waals surface area contributed by atoms with Gasteiger partial charge in [0.15, 0.2) is 0 Å². The molecule has 0 atom stereocenters. The third kappa shape index (κ3) is 2.98. The molecule has 0 radical (unpaired) electrons. The van der Waals surface area contributed by atoms with Gasteiger partial charge in [0.25, 0.3) is 0 Å². The highest BCUT2D eigenvalue weighted by atomic mass is 19.3. The maximum Gasteiger partial charge on any atom is 0.347 e. The van der Waals surface area contributed by atoms with Gasteiger partial charge in [0.05, 0.1) is 5.56 Å². The van der Waals surface area contributed by atoms with Crippen molar-refractivity contribution in [1.29, 1.82) is 0 Å². The molecule has 0 fully saturated rings. The van der Waals surface area contributed by atoms with Crippen molar-refractivity contribution in [1.82, 2.24) is 0 Å². The molecule has 0 heterocycles. The lowest BCUT2D eigenvalue weighted by atomic mass is 10.1. The summed E-state index contributed by atoms with van der Waals surface area (Å²) in [6.45, 7) is 3.49. The number of rotatable bonds is 3. The Labute approximate surface area is 89.6 Å². The van der Waals surface area contributed by atoms with Crippen LogP contribution in [0.4, 0.5) is 13.2 Å². The number of benzene rings is 1. The summed E-state index contributed by atoms with van der Waals surface area (Å²) >= 11 is 0.